The van der Waals surface area contributed by atoms with Gasteiger partial charge >= 0.3 is 11.7 Å². The Kier molecular flexibility index (Phi) is 3.68. The molecule has 7 heteroatoms. The van der Waals surface area contributed by atoms with Gasteiger partial charge in [0.1, 0.15) is 6.54 Å². The van der Waals surface area contributed by atoms with E-state index in [0.29, 0.717) is 16.8 Å². The van der Waals surface area contributed by atoms with Crippen LogP contribution in [0.1, 0.15) is 10.4 Å². The van der Waals surface area contributed by atoms with Gasteiger partial charge in [-0.25, -0.2) is 9.59 Å². The number of hydrogen-bond donors (Lipinski definition) is 2. The maximum atomic E-state index is 12.1. The number of rotatable bonds is 4. The van der Waals surface area contributed by atoms with Gasteiger partial charge < -0.3 is 14.8 Å². The molecule has 23 heavy (non-hydrogen) atoms. The minimum absolute atomic E-state index is 0.0636. The predicted octanol–water partition coefficient (Wildman–Crippen LogP) is 1.93. The van der Waals surface area contributed by atoms with Gasteiger partial charge in [0, 0.05) is 5.69 Å². The predicted molar refractivity (Wildman–Crippen MR) is 82.5 cm³/mol. The molecule has 3 aromatic rings. The van der Waals surface area contributed by atoms with Crippen molar-refractivity contribution in [3.63, 3.8) is 0 Å². The number of amides is 1. The number of benzene rings is 2. The van der Waals surface area contributed by atoms with E-state index in [4.69, 9.17) is 9.52 Å². The van der Waals surface area contributed by atoms with Gasteiger partial charge in [-0.15, -0.1) is 0 Å². The van der Waals surface area contributed by atoms with Gasteiger partial charge in [0.05, 0.1) is 11.1 Å². The first-order chi connectivity index (χ1) is 11.0. The Labute approximate surface area is 129 Å². The van der Waals surface area contributed by atoms with Crippen LogP contribution in [-0.4, -0.2) is 21.6 Å². The van der Waals surface area contributed by atoms with E-state index in [1.165, 1.54) is 22.8 Å². The van der Waals surface area contributed by atoms with Crippen LogP contribution in [0.3, 0.4) is 0 Å². The topological polar surface area (TPSA) is 102 Å². The van der Waals surface area contributed by atoms with E-state index in [1.807, 2.05) is 0 Å². The van der Waals surface area contributed by atoms with Crippen molar-refractivity contribution in [2.24, 2.45) is 0 Å². The molecule has 0 radical (unpaired) electrons. The summed E-state index contributed by atoms with van der Waals surface area (Å²) in [5, 5.41) is 11.5. The number of fused-ring (bicyclic) bond motifs is 1. The molecule has 0 bridgehead atoms. The molecule has 0 aliphatic rings. The lowest BCUT2D eigenvalue weighted by atomic mass is 10.2. The van der Waals surface area contributed by atoms with Crippen LogP contribution in [-0.2, 0) is 11.3 Å². The molecule has 0 saturated carbocycles. The summed E-state index contributed by atoms with van der Waals surface area (Å²) in [5.41, 5.74) is 1.33. The molecule has 2 aromatic carbocycles. The summed E-state index contributed by atoms with van der Waals surface area (Å²) in [5.74, 6) is -2.17. The quantitative estimate of drug-likeness (QED) is 0.766. The van der Waals surface area contributed by atoms with Crippen molar-refractivity contribution < 1.29 is 19.1 Å². The third-order valence-corrected chi connectivity index (χ3v) is 3.27. The highest BCUT2D eigenvalue weighted by molar-refractivity contribution is 5.94. The fourth-order valence-corrected chi connectivity index (χ4v) is 2.24. The average molecular weight is 312 g/mol. The van der Waals surface area contributed by atoms with E-state index in [9.17, 15) is 14.4 Å². The molecular formula is C16H12N2O5. The fraction of sp³-hybridized carbons (Fsp3) is 0.0625. The number of nitrogens with one attached hydrogen (secondary N) is 1. The first-order valence-corrected chi connectivity index (χ1v) is 6.76. The van der Waals surface area contributed by atoms with E-state index in [-0.39, 0.29) is 12.1 Å². The highest BCUT2D eigenvalue weighted by atomic mass is 16.4. The van der Waals surface area contributed by atoms with Crippen molar-refractivity contribution in [2.45, 2.75) is 6.54 Å². The summed E-state index contributed by atoms with van der Waals surface area (Å²) < 4.78 is 6.26. The van der Waals surface area contributed by atoms with Crippen molar-refractivity contribution >= 4 is 28.7 Å². The summed E-state index contributed by atoms with van der Waals surface area (Å²) >= 11 is 0. The Bertz CT molecular complexity index is 954. The van der Waals surface area contributed by atoms with Crippen LogP contribution in [0.2, 0.25) is 0 Å². The second-order valence-electron chi connectivity index (χ2n) is 4.86. The minimum atomic E-state index is -1.09. The van der Waals surface area contributed by atoms with Crippen molar-refractivity contribution in [3.8, 4) is 0 Å². The molecule has 1 heterocycles. The lowest BCUT2D eigenvalue weighted by Gasteiger charge is -2.06. The Balaban J connectivity index is 1.82. The van der Waals surface area contributed by atoms with Crippen LogP contribution in [0.25, 0.3) is 11.1 Å². The molecule has 0 aliphatic heterocycles. The highest BCUT2D eigenvalue weighted by Gasteiger charge is 2.13. The maximum absolute atomic E-state index is 12.1. The molecule has 0 saturated heterocycles. The molecule has 0 atom stereocenters. The van der Waals surface area contributed by atoms with Crippen molar-refractivity contribution in [2.75, 3.05) is 5.32 Å². The van der Waals surface area contributed by atoms with Crippen LogP contribution < -0.4 is 11.1 Å². The molecule has 0 spiro atoms. The van der Waals surface area contributed by atoms with Crippen LogP contribution in [0.5, 0.6) is 0 Å². The zero-order valence-electron chi connectivity index (χ0n) is 11.9. The lowest BCUT2D eigenvalue weighted by Crippen LogP contribution is -2.24. The second-order valence-corrected chi connectivity index (χ2v) is 4.86. The summed E-state index contributed by atoms with van der Waals surface area (Å²) in [6.45, 7) is -0.229. The number of anilines is 1. The molecule has 0 aliphatic carbocycles. The van der Waals surface area contributed by atoms with Crippen LogP contribution in [0.4, 0.5) is 5.69 Å². The van der Waals surface area contributed by atoms with Crippen molar-refractivity contribution in [3.05, 3.63) is 64.6 Å². The smallest absolute Gasteiger partial charge is 0.420 e. The van der Waals surface area contributed by atoms with Crippen LogP contribution >= 0.6 is 0 Å². The zero-order chi connectivity index (χ0) is 16.4. The normalized spacial score (nSPS) is 10.6. The van der Waals surface area contributed by atoms with E-state index in [0.717, 1.165) is 0 Å². The van der Waals surface area contributed by atoms with Crippen molar-refractivity contribution in [1.29, 1.82) is 0 Å². The number of hydrogen-bond acceptors (Lipinski definition) is 4. The number of aromatic carboxylic acids is 1. The third-order valence-electron chi connectivity index (χ3n) is 3.27. The second kappa shape index (κ2) is 5.80. The SMILES string of the molecule is O=C(Cn1c(=O)oc2ccccc21)Nc1cccc(C(=O)O)c1. The minimum Gasteiger partial charge on any atom is -0.478 e. The summed E-state index contributed by atoms with van der Waals surface area (Å²) in [4.78, 5) is 34.8. The number of carboxylic acids is 1. The van der Waals surface area contributed by atoms with Gasteiger partial charge in [-0.1, -0.05) is 18.2 Å². The Morgan fingerprint density at radius 1 is 1.13 bits per heavy atom. The van der Waals surface area contributed by atoms with Gasteiger partial charge in [0.25, 0.3) is 0 Å². The number of oxazole rings is 1. The Hall–Kier alpha value is -3.35. The summed E-state index contributed by atoms with van der Waals surface area (Å²) in [6.07, 6.45) is 0. The summed E-state index contributed by atoms with van der Waals surface area (Å²) in [7, 11) is 0. The monoisotopic (exact) mass is 312 g/mol. The van der Waals surface area contributed by atoms with Gasteiger partial charge in [-0.3, -0.25) is 9.36 Å². The highest BCUT2D eigenvalue weighted by Crippen LogP contribution is 2.13. The molecule has 3 rings (SSSR count). The molecule has 0 fully saturated rings. The van der Waals surface area contributed by atoms with Gasteiger partial charge in [-0.2, -0.15) is 0 Å². The fourth-order valence-electron chi connectivity index (χ4n) is 2.24. The zero-order valence-corrected chi connectivity index (χ0v) is 11.9. The number of carbonyl (C=O) groups excluding carboxylic acids is 1. The van der Waals surface area contributed by atoms with Crippen LogP contribution in [0, 0.1) is 0 Å². The third kappa shape index (κ3) is 2.98. The molecular weight excluding hydrogens is 300 g/mol. The van der Waals surface area contributed by atoms with E-state index in [2.05, 4.69) is 5.32 Å². The van der Waals surface area contributed by atoms with E-state index in [1.54, 1.807) is 30.3 Å². The largest absolute Gasteiger partial charge is 0.478 e. The van der Waals surface area contributed by atoms with Gasteiger partial charge in [0.2, 0.25) is 5.91 Å². The van der Waals surface area contributed by atoms with E-state index < -0.39 is 17.6 Å². The molecule has 116 valence electrons. The molecule has 7 nitrogen and oxygen atoms in total. The lowest BCUT2D eigenvalue weighted by molar-refractivity contribution is -0.116. The molecule has 2 N–H and O–H groups in total. The number of para-hydroxylation sites is 2. The number of nitrogens with zero attached hydrogens (tertiary/aromatic N) is 1. The van der Waals surface area contributed by atoms with Crippen molar-refractivity contribution in [1.82, 2.24) is 4.57 Å². The number of carboxylic acid groups (broad SMARTS) is 1. The number of aromatic nitrogens is 1. The summed E-state index contributed by atoms with van der Waals surface area (Å²) in [6, 6.07) is 12.6. The maximum Gasteiger partial charge on any atom is 0.420 e. The molecule has 1 amide bonds. The van der Waals surface area contributed by atoms with Gasteiger partial charge in [0.15, 0.2) is 5.58 Å². The van der Waals surface area contributed by atoms with Crippen LogP contribution in [0.15, 0.2) is 57.7 Å². The first kappa shape index (κ1) is 14.6. The standard InChI is InChI=1S/C16H12N2O5/c19-14(17-11-5-3-4-10(8-11)15(20)21)9-18-12-6-1-2-7-13(12)23-16(18)22/h1-8H,9H2,(H,17,19)(H,20,21). The Morgan fingerprint density at radius 3 is 2.70 bits per heavy atom. The molecule has 1 aromatic heterocycles. The molecule has 0 unspecified atom stereocenters. The first-order valence-electron chi connectivity index (χ1n) is 6.76. The van der Waals surface area contributed by atoms with E-state index >= 15 is 0 Å². The Morgan fingerprint density at radius 2 is 1.91 bits per heavy atom. The number of carbonyl (C=O) groups is 2. The average Bonchev–Trinajstić information content (AvgIpc) is 2.83. The van der Waals surface area contributed by atoms with Gasteiger partial charge in [-0.05, 0) is 30.3 Å².